The van der Waals surface area contributed by atoms with E-state index in [1.165, 1.54) is 5.56 Å². The third kappa shape index (κ3) is 4.86. The van der Waals surface area contributed by atoms with Crippen LogP contribution in [0, 0.1) is 0 Å². The summed E-state index contributed by atoms with van der Waals surface area (Å²) in [5.41, 5.74) is 1.17. The van der Waals surface area contributed by atoms with Gasteiger partial charge in [-0.3, -0.25) is 4.98 Å². The van der Waals surface area contributed by atoms with E-state index in [-0.39, 0.29) is 12.1 Å². The minimum atomic E-state index is -0.0330. The first-order valence-electron chi connectivity index (χ1n) is 8.47. The molecule has 0 aliphatic carbocycles. The number of hydrogen-bond acceptors (Lipinski definition) is 4. The molecule has 2 aromatic rings. The minimum absolute atomic E-state index is 0.0330. The Labute approximate surface area is 147 Å². The lowest BCUT2D eigenvalue weighted by Gasteiger charge is -2.18. The van der Waals surface area contributed by atoms with Crippen LogP contribution in [-0.2, 0) is 6.42 Å². The van der Waals surface area contributed by atoms with Crippen molar-refractivity contribution in [1.29, 1.82) is 0 Å². The van der Waals surface area contributed by atoms with Gasteiger partial charge < -0.3 is 19.7 Å². The van der Waals surface area contributed by atoms with Crippen molar-refractivity contribution in [1.82, 2.24) is 15.2 Å². The van der Waals surface area contributed by atoms with Crippen LogP contribution in [0.4, 0.5) is 4.79 Å². The van der Waals surface area contributed by atoms with Gasteiger partial charge in [0.25, 0.3) is 0 Å². The molecule has 2 amide bonds. The Kier molecular flexibility index (Phi) is 5.72. The Morgan fingerprint density at radius 1 is 1.20 bits per heavy atom. The molecule has 1 saturated heterocycles. The molecule has 132 valence electrons. The van der Waals surface area contributed by atoms with Crippen molar-refractivity contribution >= 4 is 6.03 Å². The molecule has 1 atom stereocenters. The Balaban J connectivity index is 1.40. The highest BCUT2D eigenvalue weighted by molar-refractivity contribution is 5.74. The van der Waals surface area contributed by atoms with Crippen molar-refractivity contribution < 1.29 is 14.3 Å². The zero-order valence-electron chi connectivity index (χ0n) is 14.4. The van der Waals surface area contributed by atoms with Crippen LogP contribution >= 0.6 is 0 Å². The third-order valence-electron chi connectivity index (χ3n) is 4.23. The standard InChI is InChI=1S/C19H23N3O3/c1-24-16-4-2-15(3-5-16)6-12-21-19(23)22-13-9-18(14-22)25-17-7-10-20-11-8-17/h2-5,7-8,10-11,18H,6,9,12-14H2,1H3,(H,21,23). The number of carbonyl (C=O) groups excluding carboxylic acids is 1. The predicted octanol–water partition coefficient (Wildman–Crippen LogP) is 2.50. The Bertz CT molecular complexity index is 676. The van der Waals surface area contributed by atoms with E-state index in [1.807, 2.05) is 36.4 Å². The fourth-order valence-electron chi connectivity index (χ4n) is 2.84. The van der Waals surface area contributed by atoms with Gasteiger partial charge >= 0.3 is 6.03 Å². The number of nitrogens with one attached hydrogen (secondary N) is 1. The summed E-state index contributed by atoms with van der Waals surface area (Å²) in [4.78, 5) is 18.0. The van der Waals surface area contributed by atoms with Gasteiger partial charge in [0.05, 0.1) is 13.7 Å². The van der Waals surface area contributed by atoms with Gasteiger partial charge in [-0.2, -0.15) is 0 Å². The third-order valence-corrected chi connectivity index (χ3v) is 4.23. The number of aromatic nitrogens is 1. The van der Waals surface area contributed by atoms with Crippen LogP contribution in [0.3, 0.4) is 0 Å². The smallest absolute Gasteiger partial charge is 0.317 e. The second-order valence-electron chi connectivity index (χ2n) is 5.99. The van der Waals surface area contributed by atoms with E-state index in [9.17, 15) is 4.79 Å². The van der Waals surface area contributed by atoms with Crippen LogP contribution in [0.15, 0.2) is 48.8 Å². The zero-order chi connectivity index (χ0) is 17.5. The lowest BCUT2D eigenvalue weighted by molar-refractivity contribution is 0.187. The molecule has 6 heteroatoms. The maximum atomic E-state index is 12.3. The topological polar surface area (TPSA) is 63.7 Å². The lowest BCUT2D eigenvalue weighted by Crippen LogP contribution is -2.40. The fourth-order valence-corrected chi connectivity index (χ4v) is 2.84. The number of amides is 2. The monoisotopic (exact) mass is 341 g/mol. The quantitative estimate of drug-likeness (QED) is 0.877. The van der Waals surface area contributed by atoms with E-state index in [2.05, 4.69) is 10.3 Å². The number of pyridine rings is 1. The molecular weight excluding hydrogens is 318 g/mol. The van der Waals surface area contributed by atoms with Crippen LogP contribution in [0.25, 0.3) is 0 Å². The van der Waals surface area contributed by atoms with E-state index in [0.717, 1.165) is 24.3 Å². The van der Waals surface area contributed by atoms with E-state index in [0.29, 0.717) is 19.6 Å². The largest absolute Gasteiger partial charge is 0.497 e. The average molecular weight is 341 g/mol. The highest BCUT2D eigenvalue weighted by Crippen LogP contribution is 2.17. The molecule has 3 rings (SSSR count). The van der Waals surface area contributed by atoms with Crippen LogP contribution in [-0.4, -0.2) is 48.8 Å². The van der Waals surface area contributed by atoms with E-state index in [1.54, 1.807) is 24.4 Å². The van der Waals surface area contributed by atoms with Crippen molar-refractivity contribution in [3.8, 4) is 11.5 Å². The van der Waals surface area contributed by atoms with Gasteiger partial charge in [-0.1, -0.05) is 12.1 Å². The molecule has 1 unspecified atom stereocenters. The number of benzene rings is 1. The summed E-state index contributed by atoms with van der Waals surface area (Å²) in [5, 5.41) is 2.98. The molecule has 1 aromatic heterocycles. The molecule has 2 heterocycles. The number of urea groups is 1. The van der Waals surface area contributed by atoms with Crippen LogP contribution in [0.5, 0.6) is 11.5 Å². The number of carbonyl (C=O) groups is 1. The Morgan fingerprint density at radius 2 is 1.96 bits per heavy atom. The van der Waals surface area contributed by atoms with Crippen molar-refractivity contribution in [2.45, 2.75) is 18.9 Å². The van der Waals surface area contributed by atoms with Crippen molar-refractivity contribution in [3.63, 3.8) is 0 Å². The highest BCUT2D eigenvalue weighted by atomic mass is 16.5. The summed E-state index contributed by atoms with van der Waals surface area (Å²) in [5.74, 6) is 1.63. The number of methoxy groups -OCH3 is 1. The number of ether oxygens (including phenoxy) is 2. The molecule has 0 radical (unpaired) electrons. The van der Waals surface area contributed by atoms with Crippen LogP contribution in [0.1, 0.15) is 12.0 Å². The molecule has 0 saturated carbocycles. The van der Waals surface area contributed by atoms with Gasteiger partial charge in [0.1, 0.15) is 17.6 Å². The van der Waals surface area contributed by atoms with Gasteiger partial charge in [0.15, 0.2) is 0 Å². The fraction of sp³-hybridized carbons (Fsp3) is 0.368. The summed E-state index contributed by atoms with van der Waals surface area (Å²) >= 11 is 0. The maximum Gasteiger partial charge on any atom is 0.317 e. The summed E-state index contributed by atoms with van der Waals surface area (Å²) in [7, 11) is 1.65. The van der Waals surface area contributed by atoms with E-state index in [4.69, 9.17) is 9.47 Å². The second-order valence-corrected chi connectivity index (χ2v) is 5.99. The van der Waals surface area contributed by atoms with Crippen LogP contribution < -0.4 is 14.8 Å². The van der Waals surface area contributed by atoms with E-state index >= 15 is 0 Å². The van der Waals surface area contributed by atoms with Gasteiger partial charge in [0.2, 0.25) is 0 Å². The number of hydrogen-bond donors (Lipinski definition) is 1. The summed E-state index contributed by atoms with van der Waals surface area (Å²) in [6, 6.07) is 11.5. The normalized spacial score (nSPS) is 16.5. The first-order chi connectivity index (χ1) is 12.2. The Morgan fingerprint density at radius 3 is 2.68 bits per heavy atom. The van der Waals surface area contributed by atoms with Crippen LogP contribution in [0.2, 0.25) is 0 Å². The van der Waals surface area contributed by atoms with Gasteiger partial charge in [-0.05, 0) is 36.2 Å². The summed E-state index contributed by atoms with van der Waals surface area (Å²) in [6.45, 7) is 1.93. The van der Waals surface area contributed by atoms with Crippen molar-refractivity contribution in [3.05, 3.63) is 54.4 Å². The molecular formula is C19H23N3O3. The molecule has 1 N–H and O–H groups in total. The zero-order valence-corrected chi connectivity index (χ0v) is 14.4. The molecule has 0 bridgehead atoms. The van der Waals surface area contributed by atoms with Gasteiger partial charge in [-0.25, -0.2) is 4.79 Å². The van der Waals surface area contributed by atoms with Gasteiger partial charge in [0, 0.05) is 31.9 Å². The first kappa shape index (κ1) is 17.1. The molecule has 1 aliphatic rings. The SMILES string of the molecule is COc1ccc(CCNC(=O)N2CCC(Oc3ccncc3)C2)cc1. The number of likely N-dealkylation sites (tertiary alicyclic amines) is 1. The Hall–Kier alpha value is -2.76. The maximum absolute atomic E-state index is 12.3. The molecule has 1 aliphatic heterocycles. The second kappa shape index (κ2) is 8.37. The van der Waals surface area contributed by atoms with E-state index < -0.39 is 0 Å². The highest BCUT2D eigenvalue weighted by Gasteiger charge is 2.27. The molecule has 6 nitrogen and oxygen atoms in total. The predicted molar refractivity (Wildman–Crippen MR) is 94.9 cm³/mol. The first-order valence-corrected chi connectivity index (χ1v) is 8.47. The summed E-state index contributed by atoms with van der Waals surface area (Å²) in [6.07, 6.45) is 5.08. The molecule has 0 spiro atoms. The average Bonchev–Trinajstić information content (AvgIpc) is 3.12. The molecule has 25 heavy (non-hydrogen) atoms. The summed E-state index contributed by atoms with van der Waals surface area (Å²) < 4.78 is 11.0. The lowest BCUT2D eigenvalue weighted by atomic mass is 10.1. The molecule has 1 aromatic carbocycles. The number of rotatable bonds is 6. The molecule has 1 fully saturated rings. The number of nitrogens with zero attached hydrogens (tertiary/aromatic N) is 2. The van der Waals surface area contributed by atoms with Crippen molar-refractivity contribution in [2.24, 2.45) is 0 Å². The van der Waals surface area contributed by atoms with Gasteiger partial charge in [-0.15, -0.1) is 0 Å². The van der Waals surface area contributed by atoms with Crippen molar-refractivity contribution in [2.75, 3.05) is 26.7 Å². The minimum Gasteiger partial charge on any atom is -0.497 e.